The summed E-state index contributed by atoms with van der Waals surface area (Å²) >= 11 is 0. The standard InChI is InChI=1S/C15H15N3O4/c1-15(2)14(21)13(18-12(20)6-11(19)17-18)9-5-8(7-16)3-4-10(9)22-15/h3-5,13-14,21H,6H2,1-2H3,(H,17,19)/t13-,14+/m1/s1. The lowest BCUT2D eigenvalue weighted by atomic mass is 9.85. The van der Waals surface area contributed by atoms with Gasteiger partial charge >= 0.3 is 0 Å². The number of ether oxygens (including phenoxy) is 1. The molecule has 0 saturated carbocycles. The molecule has 0 radical (unpaired) electrons. The van der Waals surface area contributed by atoms with Gasteiger partial charge in [-0.05, 0) is 32.0 Å². The van der Waals surface area contributed by atoms with E-state index in [4.69, 9.17) is 10.00 Å². The van der Waals surface area contributed by atoms with E-state index in [0.29, 0.717) is 16.9 Å². The lowest BCUT2D eigenvalue weighted by Crippen LogP contribution is -2.56. The van der Waals surface area contributed by atoms with Gasteiger partial charge in [0, 0.05) is 5.56 Å². The van der Waals surface area contributed by atoms with Gasteiger partial charge in [-0.15, -0.1) is 0 Å². The maximum absolute atomic E-state index is 12.0. The Kier molecular flexibility index (Phi) is 3.07. The Labute approximate surface area is 127 Å². The van der Waals surface area contributed by atoms with Crippen molar-refractivity contribution in [1.82, 2.24) is 10.4 Å². The summed E-state index contributed by atoms with van der Waals surface area (Å²) in [6.07, 6.45) is -1.31. The van der Waals surface area contributed by atoms with Crippen molar-refractivity contribution in [2.24, 2.45) is 0 Å². The minimum Gasteiger partial charge on any atom is -0.485 e. The number of carbonyl (C=O) groups is 2. The molecule has 1 fully saturated rings. The molecule has 1 aromatic rings. The smallest absolute Gasteiger partial charge is 0.251 e. The van der Waals surface area contributed by atoms with Crippen LogP contribution in [0.5, 0.6) is 5.75 Å². The van der Waals surface area contributed by atoms with Gasteiger partial charge in [-0.25, -0.2) is 5.01 Å². The topological polar surface area (TPSA) is 103 Å². The van der Waals surface area contributed by atoms with Crippen LogP contribution in [0, 0.1) is 11.3 Å². The highest BCUT2D eigenvalue weighted by Crippen LogP contribution is 2.43. The third-order valence-corrected chi connectivity index (χ3v) is 3.95. The quantitative estimate of drug-likeness (QED) is 0.731. The molecule has 22 heavy (non-hydrogen) atoms. The molecular weight excluding hydrogens is 286 g/mol. The Morgan fingerprint density at radius 1 is 1.45 bits per heavy atom. The first-order valence-corrected chi connectivity index (χ1v) is 6.86. The Balaban J connectivity index is 2.13. The SMILES string of the molecule is CC1(C)Oc2ccc(C#N)cc2[C@@H](N2NC(=O)CC2=O)[C@@H]1O. The van der Waals surface area contributed by atoms with Gasteiger partial charge in [0.05, 0.1) is 11.6 Å². The summed E-state index contributed by atoms with van der Waals surface area (Å²) in [5, 5.41) is 20.8. The molecule has 3 rings (SSSR count). The maximum atomic E-state index is 12.0. The van der Waals surface area contributed by atoms with Gasteiger partial charge in [0.2, 0.25) is 5.91 Å². The number of fused-ring (bicyclic) bond motifs is 1. The van der Waals surface area contributed by atoms with Crippen LogP contribution >= 0.6 is 0 Å². The molecule has 2 amide bonds. The first-order chi connectivity index (χ1) is 10.3. The first-order valence-electron chi connectivity index (χ1n) is 6.86. The van der Waals surface area contributed by atoms with Crippen molar-refractivity contribution in [2.75, 3.05) is 0 Å². The van der Waals surface area contributed by atoms with Crippen molar-refractivity contribution < 1.29 is 19.4 Å². The molecule has 0 unspecified atom stereocenters. The van der Waals surface area contributed by atoms with Crippen LogP contribution < -0.4 is 10.2 Å². The number of carbonyl (C=O) groups excluding carboxylic acids is 2. The fraction of sp³-hybridized carbons (Fsp3) is 0.400. The lowest BCUT2D eigenvalue weighted by Gasteiger charge is -2.44. The number of hydrogen-bond acceptors (Lipinski definition) is 5. The second kappa shape index (κ2) is 4.71. The van der Waals surface area contributed by atoms with E-state index in [2.05, 4.69) is 5.43 Å². The third kappa shape index (κ3) is 2.09. The molecule has 0 bridgehead atoms. The number of rotatable bonds is 1. The van der Waals surface area contributed by atoms with Gasteiger partial charge in [0.15, 0.2) is 0 Å². The van der Waals surface area contributed by atoms with Crippen LogP contribution in [0.15, 0.2) is 18.2 Å². The number of hydrogen-bond donors (Lipinski definition) is 2. The average molecular weight is 301 g/mol. The molecule has 7 heteroatoms. The predicted molar refractivity (Wildman–Crippen MR) is 74.2 cm³/mol. The summed E-state index contributed by atoms with van der Waals surface area (Å²) in [6, 6.07) is 6.02. The van der Waals surface area contributed by atoms with Crippen molar-refractivity contribution in [3.63, 3.8) is 0 Å². The molecule has 2 atom stereocenters. The number of amides is 2. The lowest BCUT2D eigenvalue weighted by molar-refractivity contribution is -0.145. The molecule has 2 heterocycles. The molecule has 1 aromatic carbocycles. The zero-order valence-corrected chi connectivity index (χ0v) is 12.2. The molecule has 0 spiro atoms. The highest BCUT2D eigenvalue weighted by Gasteiger charge is 2.49. The second-order valence-corrected chi connectivity index (χ2v) is 5.94. The average Bonchev–Trinajstić information content (AvgIpc) is 2.78. The first kappa shape index (κ1) is 14.4. The number of benzene rings is 1. The van der Waals surface area contributed by atoms with Crippen molar-refractivity contribution >= 4 is 11.8 Å². The van der Waals surface area contributed by atoms with Gasteiger partial charge < -0.3 is 9.84 Å². The number of nitriles is 1. The minimum absolute atomic E-state index is 0.252. The van der Waals surface area contributed by atoms with E-state index in [-0.39, 0.29) is 6.42 Å². The summed E-state index contributed by atoms with van der Waals surface area (Å²) in [5.74, 6) is -0.354. The van der Waals surface area contributed by atoms with Gasteiger partial charge in [0.25, 0.3) is 5.91 Å². The van der Waals surface area contributed by atoms with E-state index in [0.717, 1.165) is 5.01 Å². The maximum Gasteiger partial charge on any atom is 0.251 e. The summed E-state index contributed by atoms with van der Waals surface area (Å²) in [5.41, 5.74) is 2.41. The number of nitrogens with one attached hydrogen (secondary N) is 1. The zero-order valence-electron chi connectivity index (χ0n) is 12.2. The Morgan fingerprint density at radius 2 is 2.18 bits per heavy atom. The molecule has 2 N–H and O–H groups in total. The van der Waals surface area contributed by atoms with E-state index < -0.39 is 29.6 Å². The number of aliphatic hydroxyl groups is 1. The Morgan fingerprint density at radius 3 is 2.77 bits per heavy atom. The molecule has 0 aliphatic carbocycles. The summed E-state index contributed by atoms with van der Waals surface area (Å²) in [7, 11) is 0. The van der Waals surface area contributed by atoms with E-state index >= 15 is 0 Å². The van der Waals surface area contributed by atoms with Crippen LogP contribution in [0.4, 0.5) is 0 Å². The molecular formula is C15H15N3O4. The van der Waals surface area contributed by atoms with Crippen molar-refractivity contribution in [3.05, 3.63) is 29.3 Å². The zero-order chi connectivity index (χ0) is 16.1. The number of nitrogens with zero attached hydrogens (tertiary/aromatic N) is 2. The number of aliphatic hydroxyl groups excluding tert-OH is 1. The van der Waals surface area contributed by atoms with E-state index in [1.54, 1.807) is 32.0 Å². The highest BCUT2D eigenvalue weighted by molar-refractivity contribution is 6.02. The van der Waals surface area contributed by atoms with E-state index in [1.165, 1.54) is 0 Å². The normalized spacial score (nSPS) is 26.0. The largest absolute Gasteiger partial charge is 0.485 e. The third-order valence-electron chi connectivity index (χ3n) is 3.95. The molecule has 1 saturated heterocycles. The summed E-state index contributed by atoms with van der Waals surface area (Å²) < 4.78 is 5.77. The molecule has 2 aliphatic rings. The minimum atomic E-state index is -1.06. The fourth-order valence-electron chi connectivity index (χ4n) is 2.80. The van der Waals surface area contributed by atoms with Gasteiger partial charge in [0.1, 0.15) is 29.9 Å². The predicted octanol–water partition coefficient (Wildman–Crippen LogP) is 0.395. The van der Waals surface area contributed by atoms with Crippen LogP contribution in [0.2, 0.25) is 0 Å². The van der Waals surface area contributed by atoms with Crippen LogP contribution in [-0.4, -0.2) is 33.6 Å². The fourth-order valence-corrected chi connectivity index (χ4v) is 2.80. The molecule has 0 aromatic heterocycles. The van der Waals surface area contributed by atoms with Gasteiger partial charge in [-0.1, -0.05) is 0 Å². The van der Waals surface area contributed by atoms with Crippen LogP contribution in [0.3, 0.4) is 0 Å². The highest BCUT2D eigenvalue weighted by atomic mass is 16.5. The van der Waals surface area contributed by atoms with Gasteiger partial charge in [-0.2, -0.15) is 5.26 Å². The Hall–Kier alpha value is -2.59. The molecule has 2 aliphatic heterocycles. The summed E-state index contributed by atoms with van der Waals surface area (Å²) in [6.45, 7) is 3.41. The number of hydrazine groups is 1. The van der Waals surface area contributed by atoms with Crippen LogP contribution in [0.1, 0.15) is 37.4 Å². The van der Waals surface area contributed by atoms with Crippen LogP contribution in [0.25, 0.3) is 0 Å². The Bertz CT molecular complexity index is 707. The molecule has 7 nitrogen and oxygen atoms in total. The van der Waals surface area contributed by atoms with Crippen molar-refractivity contribution in [2.45, 2.75) is 38.0 Å². The van der Waals surface area contributed by atoms with E-state index in [1.807, 2.05) is 6.07 Å². The molecule has 114 valence electrons. The second-order valence-electron chi connectivity index (χ2n) is 5.94. The van der Waals surface area contributed by atoms with E-state index in [9.17, 15) is 14.7 Å². The monoisotopic (exact) mass is 301 g/mol. The van der Waals surface area contributed by atoms with Crippen molar-refractivity contribution in [3.8, 4) is 11.8 Å². The van der Waals surface area contributed by atoms with Gasteiger partial charge in [-0.3, -0.25) is 15.0 Å². The van der Waals surface area contributed by atoms with Crippen LogP contribution in [-0.2, 0) is 9.59 Å². The summed E-state index contributed by atoms with van der Waals surface area (Å²) in [4.78, 5) is 23.5. The van der Waals surface area contributed by atoms with Crippen molar-refractivity contribution in [1.29, 1.82) is 5.26 Å².